The molecule has 1 aliphatic rings. The van der Waals surface area contributed by atoms with Crippen molar-refractivity contribution >= 4 is 22.6 Å². The van der Waals surface area contributed by atoms with Gasteiger partial charge in [0.25, 0.3) is 5.56 Å². The second-order valence-electron chi connectivity index (χ2n) is 6.50. The molecule has 0 saturated carbocycles. The first-order chi connectivity index (χ1) is 12.5. The minimum absolute atomic E-state index is 0.103. The van der Waals surface area contributed by atoms with Gasteiger partial charge in [0, 0.05) is 18.5 Å². The minimum atomic E-state index is -0.325. The summed E-state index contributed by atoms with van der Waals surface area (Å²) in [5.41, 5.74) is 3.18. The van der Waals surface area contributed by atoms with Gasteiger partial charge in [-0.15, -0.1) is 0 Å². The Labute approximate surface area is 149 Å². The van der Waals surface area contributed by atoms with Crippen molar-refractivity contribution < 1.29 is 9.18 Å². The molecule has 0 saturated heterocycles. The number of pyridine rings is 1. The first kappa shape index (κ1) is 16.3. The fourth-order valence-corrected chi connectivity index (χ4v) is 3.57. The number of hydrogen-bond donors (Lipinski definition) is 2. The van der Waals surface area contributed by atoms with Crippen LogP contribution in [0.15, 0.2) is 53.3 Å². The van der Waals surface area contributed by atoms with E-state index < -0.39 is 0 Å². The van der Waals surface area contributed by atoms with Crippen LogP contribution < -0.4 is 16.2 Å². The molecule has 1 aromatic heterocycles. The van der Waals surface area contributed by atoms with Gasteiger partial charge in [-0.1, -0.05) is 12.1 Å². The number of fused-ring (bicyclic) bond motifs is 2. The van der Waals surface area contributed by atoms with Crippen molar-refractivity contribution in [1.82, 2.24) is 9.88 Å². The van der Waals surface area contributed by atoms with E-state index in [9.17, 15) is 14.0 Å². The Kier molecular flexibility index (Phi) is 3.95. The summed E-state index contributed by atoms with van der Waals surface area (Å²) in [6.07, 6.45) is 1.49. The number of nitrogens with one attached hydrogen (secondary N) is 2. The molecule has 1 aliphatic carbocycles. The Morgan fingerprint density at radius 2 is 2.04 bits per heavy atom. The zero-order valence-electron chi connectivity index (χ0n) is 14.3. The van der Waals surface area contributed by atoms with E-state index in [2.05, 4.69) is 10.6 Å². The molecule has 4 rings (SSSR count). The van der Waals surface area contributed by atoms with E-state index in [1.807, 2.05) is 6.07 Å². The van der Waals surface area contributed by atoms with Gasteiger partial charge in [0.1, 0.15) is 5.82 Å². The van der Waals surface area contributed by atoms with E-state index in [1.165, 1.54) is 18.2 Å². The lowest BCUT2D eigenvalue weighted by Gasteiger charge is -2.16. The van der Waals surface area contributed by atoms with Crippen LogP contribution in [0.2, 0.25) is 0 Å². The maximum Gasteiger partial charge on any atom is 0.319 e. The molecule has 5 nitrogen and oxygen atoms in total. The van der Waals surface area contributed by atoms with Gasteiger partial charge in [0.05, 0.1) is 17.2 Å². The zero-order valence-corrected chi connectivity index (χ0v) is 14.3. The number of halogens is 1. The highest BCUT2D eigenvalue weighted by Gasteiger charge is 2.24. The molecule has 1 atom stereocenters. The lowest BCUT2D eigenvalue weighted by Crippen LogP contribution is -2.31. The maximum absolute atomic E-state index is 13.3. The Hall–Kier alpha value is -3.15. The van der Waals surface area contributed by atoms with Crippen LogP contribution in [0.1, 0.15) is 23.6 Å². The molecular formula is C20H18FN3O2. The number of hydrogen-bond acceptors (Lipinski definition) is 2. The third-order valence-electron chi connectivity index (χ3n) is 4.90. The topological polar surface area (TPSA) is 63.1 Å². The summed E-state index contributed by atoms with van der Waals surface area (Å²) in [5.74, 6) is -0.254. The number of aryl methyl sites for hydroxylation is 2. The third kappa shape index (κ3) is 2.83. The summed E-state index contributed by atoms with van der Waals surface area (Å²) >= 11 is 0. The Morgan fingerprint density at radius 3 is 2.88 bits per heavy atom. The molecule has 2 N–H and O–H groups in total. The summed E-state index contributed by atoms with van der Waals surface area (Å²) in [7, 11) is 1.70. The second-order valence-corrected chi connectivity index (χ2v) is 6.50. The van der Waals surface area contributed by atoms with Crippen molar-refractivity contribution in [1.29, 1.82) is 0 Å². The number of urea groups is 1. The first-order valence-corrected chi connectivity index (χ1v) is 8.47. The van der Waals surface area contributed by atoms with Gasteiger partial charge < -0.3 is 15.2 Å². The largest absolute Gasteiger partial charge is 0.331 e. The molecule has 132 valence electrons. The van der Waals surface area contributed by atoms with Crippen molar-refractivity contribution in [3.63, 3.8) is 0 Å². The van der Waals surface area contributed by atoms with Crippen LogP contribution in [0.4, 0.5) is 14.9 Å². The van der Waals surface area contributed by atoms with E-state index in [1.54, 1.807) is 35.9 Å². The van der Waals surface area contributed by atoms with E-state index in [0.717, 1.165) is 34.9 Å². The number of carbonyl (C=O) groups excluding carboxylic acids is 1. The van der Waals surface area contributed by atoms with Crippen LogP contribution in [-0.2, 0) is 13.5 Å². The van der Waals surface area contributed by atoms with Crippen molar-refractivity contribution in [3.8, 4) is 0 Å². The first-order valence-electron chi connectivity index (χ1n) is 8.47. The summed E-state index contributed by atoms with van der Waals surface area (Å²) in [4.78, 5) is 24.2. The van der Waals surface area contributed by atoms with Gasteiger partial charge in [0.15, 0.2) is 0 Å². The molecule has 0 unspecified atom stereocenters. The minimum Gasteiger partial charge on any atom is -0.331 e. The molecule has 1 heterocycles. The zero-order chi connectivity index (χ0) is 18.3. The third-order valence-corrected chi connectivity index (χ3v) is 4.90. The lowest BCUT2D eigenvalue weighted by molar-refractivity contribution is 0.248. The van der Waals surface area contributed by atoms with Crippen LogP contribution in [0.3, 0.4) is 0 Å². The van der Waals surface area contributed by atoms with Gasteiger partial charge in [-0.2, -0.15) is 0 Å². The lowest BCUT2D eigenvalue weighted by atomic mass is 10.1. The van der Waals surface area contributed by atoms with Crippen molar-refractivity contribution in [2.45, 2.75) is 18.9 Å². The highest BCUT2D eigenvalue weighted by molar-refractivity contribution is 6.00. The number of amides is 2. The van der Waals surface area contributed by atoms with E-state index in [0.29, 0.717) is 5.69 Å². The number of benzene rings is 2. The summed E-state index contributed by atoms with van der Waals surface area (Å²) in [5, 5.41) is 6.60. The standard InChI is InChI=1S/C20H18FN3O2/c1-24-18-4-2-3-16(15(18)8-10-19(24)25)22-20(26)23-17-9-5-12-11-13(21)6-7-14(12)17/h2-4,6-8,10-11,17H,5,9H2,1H3,(H2,22,23,26)/t17-/m1/s1. The highest BCUT2D eigenvalue weighted by atomic mass is 19.1. The Balaban J connectivity index is 1.56. The maximum atomic E-state index is 13.3. The summed E-state index contributed by atoms with van der Waals surface area (Å²) < 4.78 is 14.9. The molecule has 0 radical (unpaired) electrons. The SMILES string of the molecule is Cn1c(=O)ccc2c(NC(=O)N[C@@H]3CCc4cc(F)ccc43)cccc21. The monoisotopic (exact) mass is 351 g/mol. The number of nitrogens with zero attached hydrogens (tertiary/aromatic N) is 1. The summed E-state index contributed by atoms with van der Waals surface area (Å²) in [6, 6.07) is 12.8. The van der Waals surface area contributed by atoms with Gasteiger partial charge in [0.2, 0.25) is 0 Å². The van der Waals surface area contributed by atoms with Crippen LogP contribution in [0.5, 0.6) is 0 Å². The van der Waals surface area contributed by atoms with Gasteiger partial charge >= 0.3 is 6.03 Å². The van der Waals surface area contributed by atoms with Crippen LogP contribution in [0, 0.1) is 5.82 Å². The molecule has 0 fully saturated rings. The Bertz CT molecular complexity index is 1070. The average molecular weight is 351 g/mol. The average Bonchev–Trinajstić information content (AvgIpc) is 3.00. The summed E-state index contributed by atoms with van der Waals surface area (Å²) in [6.45, 7) is 0. The number of aromatic nitrogens is 1. The number of carbonyl (C=O) groups is 1. The molecule has 0 spiro atoms. The van der Waals surface area contributed by atoms with Crippen LogP contribution >= 0.6 is 0 Å². The van der Waals surface area contributed by atoms with E-state index in [-0.39, 0.29) is 23.4 Å². The number of anilines is 1. The smallest absolute Gasteiger partial charge is 0.319 e. The van der Waals surface area contributed by atoms with Crippen molar-refractivity contribution in [3.05, 3.63) is 75.8 Å². The Morgan fingerprint density at radius 1 is 1.19 bits per heavy atom. The molecule has 2 amide bonds. The molecule has 26 heavy (non-hydrogen) atoms. The molecular weight excluding hydrogens is 333 g/mol. The van der Waals surface area contributed by atoms with Crippen molar-refractivity contribution in [2.24, 2.45) is 7.05 Å². The molecule has 0 bridgehead atoms. The number of rotatable bonds is 2. The molecule has 6 heteroatoms. The van der Waals surface area contributed by atoms with Gasteiger partial charge in [-0.25, -0.2) is 9.18 Å². The normalized spacial score (nSPS) is 15.7. The van der Waals surface area contributed by atoms with Gasteiger partial charge in [-0.3, -0.25) is 4.79 Å². The quantitative estimate of drug-likeness (QED) is 0.742. The molecule has 0 aliphatic heterocycles. The van der Waals surface area contributed by atoms with E-state index in [4.69, 9.17) is 0 Å². The molecule has 3 aromatic rings. The second kappa shape index (κ2) is 6.29. The predicted molar refractivity (Wildman–Crippen MR) is 98.8 cm³/mol. The van der Waals surface area contributed by atoms with Crippen LogP contribution in [0.25, 0.3) is 10.9 Å². The van der Waals surface area contributed by atoms with Gasteiger partial charge in [-0.05, 0) is 54.3 Å². The highest BCUT2D eigenvalue weighted by Crippen LogP contribution is 2.31. The van der Waals surface area contributed by atoms with E-state index >= 15 is 0 Å². The predicted octanol–water partition coefficient (Wildman–Crippen LogP) is 3.49. The van der Waals surface area contributed by atoms with Crippen LogP contribution in [-0.4, -0.2) is 10.6 Å². The van der Waals surface area contributed by atoms with Crippen molar-refractivity contribution in [2.75, 3.05) is 5.32 Å². The fraction of sp³-hybridized carbons (Fsp3) is 0.200. The molecule has 2 aromatic carbocycles. The fourth-order valence-electron chi connectivity index (χ4n) is 3.57.